The van der Waals surface area contributed by atoms with E-state index >= 15 is 0 Å². The number of allylic oxidation sites excluding steroid dienone is 2. The molecule has 0 amide bonds. The van der Waals surface area contributed by atoms with Gasteiger partial charge >= 0.3 is 5.97 Å². The van der Waals surface area contributed by atoms with Gasteiger partial charge in [0.15, 0.2) is 5.78 Å². The molecule has 5 aliphatic rings. The van der Waals surface area contributed by atoms with Gasteiger partial charge in [0.05, 0.1) is 24.9 Å². The highest BCUT2D eigenvalue weighted by Gasteiger charge is 2.71. The molecule has 0 bridgehead atoms. The molecule has 0 aromatic rings. The van der Waals surface area contributed by atoms with Crippen molar-refractivity contribution in [2.75, 3.05) is 13.4 Å². The first-order valence-corrected chi connectivity index (χ1v) is 16.9. The summed E-state index contributed by atoms with van der Waals surface area (Å²) in [4.78, 5) is 28.0. The Kier molecular flexibility index (Phi) is 6.58. The highest BCUT2D eigenvalue weighted by molar-refractivity contribution is 7.86. The lowest BCUT2D eigenvalue weighted by Gasteiger charge is -2.70. The second-order valence-corrected chi connectivity index (χ2v) is 17.7. The van der Waals surface area contributed by atoms with E-state index in [1.807, 2.05) is 6.08 Å². The van der Waals surface area contributed by atoms with Crippen LogP contribution >= 0.6 is 0 Å². The molecule has 0 aromatic carbocycles. The number of esters is 1. The number of hydrogen-bond acceptors (Lipinski definition) is 6. The Hall–Kier alpha value is -1.47. The largest absolute Gasteiger partial charge is 0.469 e. The zero-order valence-corrected chi connectivity index (χ0v) is 26.9. The molecule has 0 N–H and O–H groups in total. The maximum absolute atomic E-state index is 14.6. The van der Waals surface area contributed by atoms with Crippen LogP contribution in [0.1, 0.15) is 99.8 Å². The van der Waals surface area contributed by atoms with Gasteiger partial charge in [-0.15, -0.1) is 0 Å². The number of rotatable bonds is 3. The molecule has 0 saturated heterocycles. The fourth-order valence-corrected chi connectivity index (χ4v) is 11.5. The van der Waals surface area contributed by atoms with Crippen molar-refractivity contribution in [2.45, 2.75) is 106 Å². The second-order valence-electron chi connectivity index (χ2n) is 16.1. The Labute approximate surface area is 241 Å². The molecule has 40 heavy (non-hydrogen) atoms. The standard InChI is InChI=1S/C33H50O6S/c1-20-23(39-40(10,36)37)19-29(4,5)24-11-12-30(6)25(32(20,24)8)17-22(34)26-21-18-28(2,3)13-15-33(21,27(35)38-9)16-14-31(26,30)7/h17,21,23-24,26H,1,11-16,18-19H2,2-10H3/t21-,23-,24-,26-,30+,31+,32-,33-/m0/s1. The molecule has 0 unspecified atom stereocenters. The summed E-state index contributed by atoms with van der Waals surface area (Å²) in [7, 11) is -2.21. The number of fused-ring (bicyclic) bond motifs is 7. The summed E-state index contributed by atoms with van der Waals surface area (Å²) < 4.78 is 35.7. The van der Waals surface area contributed by atoms with Gasteiger partial charge in [0, 0.05) is 11.3 Å². The van der Waals surface area contributed by atoms with Crippen molar-refractivity contribution < 1.29 is 26.9 Å². The number of hydrogen-bond donors (Lipinski definition) is 0. The molecule has 6 nitrogen and oxygen atoms in total. The van der Waals surface area contributed by atoms with E-state index < -0.39 is 27.1 Å². The van der Waals surface area contributed by atoms with E-state index in [1.165, 1.54) is 7.11 Å². The zero-order valence-electron chi connectivity index (χ0n) is 26.1. The summed E-state index contributed by atoms with van der Waals surface area (Å²) in [5.41, 5.74) is -0.108. The Morgan fingerprint density at radius 1 is 0.975 bits per heavy atom. The summed E-state index contributed by atoms with van der Waals surface area (Å²) in [5.74, 6) is -0.152. The molecule has 0 spiro atoms. The first-order valence-electron chi connectivity index (χ1n) is 15.1. The van der Waals surface area contributed by atoms with Gasteiger partial charge in [-0.25, -0.2) is 0 Å². The molecule has 7 heteroatoms. The van der Waals surface area contributed by atoms with E-state index in [-0.39, 0.29) is 51.2 Å². The molecule has 8 atom stereocenters. The average Bonchev–Trinajstić information content (AvgIpc) is 2.82. The van der Waals surface area contributed by atoms with Gasteiger partial charge in [0.25, 0.3) is 10.1 Å². The fraction of sp³-hybridized carbons (Fsp3) is 0.818. The van der Waals surface area contributed by atoms with Crippen molar-refractivity contribution in [3.8, 4) is 0 Å². The zero-order chi connectivity index (χ0) is 29.9. The van der Waals surface area contributed by atoms with Crippen LogP contribution in [-0.2, 0) is 28.6 Å². The minimum Gasteiger partial charge on any atom is -0.469 e. The number of carbonyl (C=O) groups is 2. The summed E-state index contributed by atoms with van der Waals surface area (Å²) in [6.45, 7) is 20.3. The number of methoxy groups -OCH3 is 1. The van der Waals surface area contributed by atoms with Crippen LogP contribution in [0.4, 0.5) is 0 Å². The Morgan fingerprint density at radius 2 is 1.60 bits per heavy atom. The molecular formula is C33H50O6S. The van der Waals surface area contributed by atoms with Gasteiger partial charge < -0.3 is 4.74 Å². The molecule has 0 heterocycles. The molecule has 0 aromatic heterocycles. The monoisotopic (exact) mass is 574 g/mol. The molecular weight excluding hydrogens is 524 g/mol. The first-order chi connectivity index (χ1) is 18.2. The Bertz CT molecular complexity index is 1290. The molecule has 0 radical (unpaired) electrons. The van der Waals surface area contributed by atoms with Gasteiger partial charge in [-0.05, 0) is 102 Å². The Balaban J connectivity index is 1.67. The highest BCUT2D eigenvalue weighted by Crippen LogP contribution is 2.75. The molecule has 4 fully saturated rings. The number of ketones is 1. The first kappa shape index (κ1) is 30.0. The third-order valence-corrected chi connectivity index (χ3v) is 13.7. The summed E-state index contributed by atoms with van der Waals surface area (Å²) >= 11 is 0. The average molecular weight is 575 g/mol. The van der Waals surface area contributed by atoms with E-state index in [1.54, 1.807) is 0 Å². The lowest BCUT2D eigenvalue weighted by atomic mass is 9.33. The molecule has 4 saturated carbocycles. The smallest absolute Gasteiger partial charge is 0.312 e. The number of carbonyl (C=O) groups excluding carboxylic acids is 2. The van der Waals surface area contributed by atoms with E-state index in [0.29, 0.717) is 6.42 Å². The van der Waals surface area contributed by atoms with Crippen LogP contribution in [0.2, 0.25) is 0 Å². The number of ether oxygens (including phenoxy) is 1. The van der Waals surface area contributed by atoms with Crippen molar-refractivity contribution in [3.63, 3.8) is 0 Å². The lowest BCUT2D eigenvalue weighted by Crippen LogP contribution is -2.66. The van der Waals surface area contributed by atoms with Crippen molar-refractivity contribution in [3.05, 3.63) is 23.8 Å². The summed E-state index contributed by atoms with van der Waals surface area (Å²) in [6.07, 6.45) is 8.94. The van der Waals surface area contributed by atoms with Crippen LogP contribution in [0.5, 0.6) is 0 Å². The van der Waals surface area contributed by atoms with Crippen LogP contribution in [0.3, 0.4) is 0 Å². The maximum atomic E-state index is 14.6. The van der Waals surface area contributed by atoms with Gasteiger partial charge in [-0.3, -0.25) is 13.8 Å². The minimum absolute atomic E-state index is 0.0487. The van der Waals surface area contributed by atoms with E-state index in [9.17, 15) is 18.0 Å². The summed E-state index contributed by atoms with van der Waals surface area (Å²) in [5, 5.41) is 0. The molecule has 5 rings (SSSR count). The van der Waals surface area contributed by atoms with Crippen LogP contribution in [0.25, 0.3) is 0 Å². The van der Waals surface area contributed by atoms with Gasteiger partial charge in [-0.2, -0.15) is 8.42 Å². The highest BCUT2D eigenvalue weighted by atomic mass is 32.2. The van der Waals surface area contributed by atoms with Crippen LogP contribution < -0.4 is 0 Å². The predicted octanol–water partition coefficient (Wildman–Crippen LogP) is 6.65. The van der Waals surface area contributed by atoms with Crippen LogP contribution in [0.15, 0.2) is 23.8 Å². The van der Waals surface area contributed by atoms with Crippen LogP contribution in [-0.4, -0.2) is 39.6 Å². The summed E-state index contributed by atoms with van der Waals surface area (Å²) in [6, 6.07) is 0. The Morgan fingerprint density at radius 3 is 2.20 bits per heavy atom. The fourth-order valence-electron chi connectivity index (χ4n) is 10.9. The SMILES string of the molecule is C=C1[C@@H](OS(C)(=O)=O)CC(C)(C)[C@@H]2CC[C@]3(C)C(=CC(=O)[C@@H]4[C@@H]5CC(C)(C)CC[C@]5(C(=O)OC)CC[C@]43C)[C@@]12C. The van der Waals surface area contributed by atoms with Gasteiger partial charge in [-0.1, -0.05) is 55.0 Å². The quantitative estimate of drug-likeness (QED) is 0.213. The third-order valence-electron chi connectivity index (χ3n) is 13.1. The lowest BCUT2D eigenvalue weighted by molar-refractivity contribution is -0.192. The van der Waals surface area contributed by atoms with Crippen molar-refractivity contribution in [1.82, 2.24) is 0 Å². The van der Waals surface area contributed by atoms with Crippen LogP contribution in [0, 0.1) is 50.2 Å². The van der Waals surface area contributed by atoms with Crippen molar-refractivity contribution >= 4 is 21.9 Å². The second kappa shape index (κ2) is 8.78. The van der Waals surface area contributed by atoms with Crippen molar-refractivity contribution in [1.29, 1.82) is 0 Å². The van der Waals surface area contributed by atoms with E-state index in [0.717, 1.165) is 62.3 Å². The van der Waals surface area contributed by atoms with Gasteiger partial charge in [0.2, 0.25) is 0 Å². The minimum atomic E-state index is -3.69. The van der Waals surface area contributed by atoms with E-state index in [2.05, 4.69) is 55.0 Å². The predicted molar refractivity (Wildman–Crippen MR) is 156 cm³/mol. The van der Waals surface area contributed by atoms with E-state index in [4.69, 9.17) is 8.92 Å². The topological polar surface area (TPSA) is 86.7 Å². The van der Waals surface area contributed by atoms with Gasteiger partial charge in [0.1, 0.15) is 0 Å². The normalized spacial score (nSPS) is 45.8. The molecule has 5 aliphatic carbocycles. The third kappa shape index (κ3) is 3.92. The maximum Gasteiger partial charge on any atom is 0.312 e. The molecule has 0 aliphatic heterocycles. The molecule has 224 valence electrons. The van der Waals surface area contributed by atoms with Crippen molar-refractivity contribution in [2.24, 2.45) is 50.2 Å².